The van der Waals surface area contributed by atoms with E-state index in [0.717, 1.165) is 37.6 Å². The van der Waals surface area contributed by atoms with Gasteiger partial charge in [0.2, 0.25) is 0 Å². The summed E-state index contributed by atoms with van der Waals surface area (Å²) in [6.07, 6.45) is 1.14. The van der Waals surface area contributed by atoms with Gasteiger partial charge in [-0.05, 0) is 30.5 Å². The third-order valence-electron chi connectivity index (χ3n) is 4.42. The van der Waals surface area contributed by atoms with Gasteiger partial charge in [-0.1, -0.05) is 17.7 Å². The van der Waals surface area contributed by atoms with Crippen LogP contribution in [0.15, 0.2) is 35.1 Å². The van der Waals surface area contributed by atoms with Crippen LogP contribution >= 0.6 is 11.6 Å². The molecule has 0 saturated carbocycles. The van der Waals surface area contributed by atoms with E-state index in [1.807, 2.05) is 16.7 Å². The zero-order valence-electron chi connectivity index (χ0n) is 11.4. The first-order valence-electron chi connectivity index (χ1n) is 7.14. The summed E-state index contributed by atoms with van der Waals surface area (Å²) in [7, 11) is 0. The summed E-state index contributed by atoms with van der Waals surface area (Å²) in [5, 5.41) is 8.51. The number of nitrogens with zero attached hydrogens (tertiary/aromatic N) is 4. The molecule has 2 bridgehead atoms. The van der Waals surface area contributed by atoms with Crippen molar-refractivity contribution < 1.29 is 0 Å². The summed E-state index contributed by atoms with van der Waals surface area (Å²) in [6, 6.07) is 9.25. The van der Waals surface area contributed by atoms with E-state index < -0.39 is 0 Å². The molecule has 21 heavy (non-hydrogen) atoms. The van der Waals surface area contributed by atoms with Gasteiger partial charge in [0.15, 0.2) is 11.0 Å². The molecule has 0 radical (unpaired) electrons. The van der Waals surface area contributed by atoms with E-state index in [2.05, 4.69) is 21.2 Å². The Morgan fingerprint density at radius 2 is 2.00 bits per heavy atom. The number of pyridine rings is 1. The number of halogens is 1. The Hall–Kier alpha value is -1.88. The van der Waals surface area contributed by atoms with Crippen molar-refractivity contribution in [2.24, 2.45) is 5.92 Å². The van der Waals surface area contributed by atoms with Crippen LogP contribution in [0.2, 0.25) is 5.15 Å². The first-order chi connectivity index (χ1) is 10.2. The van der Waals surface area contributed by atoms with Crippen LogP contribution in [-0.4, -0.2) is 27.9 Å². The number of rotatable bonds is 1. The van der Waals surface area contributed by atoms with Crippen LogP contribution < -0.4 is 10.5 Å². The normalized spacial score (nSPS) is 23.8. The van der Waals surface area contributed by atoms with Crippen LogP contribution in [-0.2, 0) is 6.54 Å². The second kappa shape index (κ2) is 4.84. The lowest BCUT2D eigenvalue weighted by molar-refractivity contribution is 0.280. The average Bonchev–Trinajstić information content (AvgIpc) is 2.49. The Kier molecular flexibility index (Phi) is 2.96. The minimum Gasteiger partial charge on any atom is -0.354 e. The van der Waals surface area contributed by atoms with Crippen molar-refractivity contribution in [2.75, 3.05) is 18.0 Å². The van der Waals surface area contributed by atoms with Gasteiger partial charge in [-0.2, -0.15) is 0 Å². The van der Waals surface area contributed by atoms with Gasteiger partial charge in [-0.25, -0.2) is 0 Å². The van der Waals surface area contributed by atoms with Crippen molar-refractivity contribution >= 4 is 17.4 Å². The summed E-state index contributed by atoms with van der Waals surface area (Å²) in [5.74, 6) is 1.72. The molecule has 108 valence electrons. The maximum Gasteiger partial charge on any atom is 0.250 e. The third kappa shape index (κ3) is 2.21. The first kappa shape index (κ1) is 12.8. The van der Waals surface area contributed by atoms with Crippen LogP contribution in [0.3, 0.4) is 0 Å². The van der Waals surface area contributed by atoms with Crippen molar-refractivity contribution in [1.29, 1.82) is 0 Å². The minimum atomic E-state index is 0.113. The molecule has 5 nitrogen and oxygen atoms in total. The highest BCUT2D eigenvalue weighted by atomic mass is 35.5. The average molecular weight is 303 g/mol. The van der Waals surface area contributed by atoms with Crippen molar-refractivity contribution in [3.8, 4) is 0 Å². The van der Waals surface area contributed by atoms with Crippen molar-refractivity contribution in [3.63, 3.8) is 0 Å². The monoisotopic (exact) mass is 302 g/mol. The lowest BCUT2D eigenvalue weighted by Crippen LogP contribution is -2.47. The molecule has 2 aromatic rings. The number of hydrogen-bond acceptors (Lipinski definition) is 4. The highest BCUT2D eigenvalue weighted by molar-refractivity contribution is 6.29. The van der Waals surface area contributed by atoms with E-state index in [9.17, 15) is 4.79 Å². The number of fused-ring (bicyclic) bond motifs is 4. The van der Waals surface area contributed by atoms with Crippen LogP contribution in [0.1, 0.15) is 18.0 Å². The summed E-state index contributed by atoms with van der Waals surface area (Å²) in [5.41, 5.74) is 1.26. The largest absolute Gasteiger partial charge is 0.354 e. The maximum atomic E-state index is 12.0. The lowest BCUT2D eigenvalue weighted by atomic mass is 9.83. The first-order valence-corrected chi connectivity index (χ1v) is 7.52. The molecule has 2 aromatic heterocycles. The zero-order valence-corrected chi connectivity index (χ0v) is 12.2. The van der Waals surface area contributed by atoms with Gasteiger partial charge in [-0.3, -0.25) is 4.79 Å². The van der Waals surface area contributed by atoms with E-state index in [4.69, 9.17) is 11.6 Å². The lowest BCUT2D eigenvalue weighted by Gasteiger charge is -2.43. The molecule has 0 aliphatic carbocycles. The number of anilines is 1. The third-order valence-corrected chi connectivity index (χ3v) is 4.62. The van der Waals surface area contributed by atoms with Gasteiger partial charge in [0.1, 0.15) is 0 Å². The molecular weight excluding hydrogens is 288 g/mol. The van der Waals surface area contributed by atoms with E-state index in [0.29, 0.717) is 17.0 Å². The van der Waals surface area contributed by atoms with Gasteiger partial charge < -0.3 is 9.47 Å². The molecule has 0 N–H and O–H groups in total. The van der Waals surface area contributed by atoms with Crippen LogP contribution in [0.5, 0.6) is 0 Å². The fourth-order valence-corrected chi connectivity index (χ4v) is 3.66. The molecular formula is C15H15ClN4O. The molecule has 2 aliphatic heterocycles. The predicted molar refractivity (Wildman–Crippen MR) is 80.8 cm³/mol. The van der Waals surface area contributed by atoms with E-state index >= 15 is 0 Å². The van der Waals surface area contributed by atoms with Gasteiger partial charge in [0.05, 0.1) is 0 Å². The molecule has 0 spiro atoms. The summed E-state index contributed by atoms with van der Waals surface area (Å²) < 4.78 is 1.93. The minimum absolute atomic E-state index is 0.113. The smallest absolute Gasteiger partial charge is 0.250 e. The van der Waals surface area contributed by atoms with E-state index in [1.54, 1.807) is 12.1 Å². The Labute approximate surface area is 127 Å². The highest BCUT2D eigenvalue weighted by Gasteiger charge is 2.34. The fourth-order valence-electron chi connectivity index (χ4n) is 3.56. The molecule has 6 heteroatoms. The quantitative estimate of drug-likeness (QED) is 0.807. The van der Waals surface area contributed by atoms with E-state index in [-0.39, 0.29) is 5.56 Å². The van der Waals surface area contributed by atoms with Crippen LogP contribution in [0.25, 0.3) is 0 Å². The van der Waals surface area contributed by atoms with Crippen molar-refractivity contribution in [3.05, 3.63) is 51.5 Å². The molecule has 2 aliphatic rings. The summed E-state index contributed by atoms with van der Waals surface area (Å²) in [6.45, 7) is 2.58. The van der Waals surface area contributed by atoms with Crippen LogP contribution in [0.4, 0.5) is 5.82 Å². The molecule has 4 rings (SSSR count). The topological polar surface area (TPSA) is 51.0 Å². The highest BCUT2D eigenvalue weighted by Crippen LogP contribution is 2.36. The van der Waals surface area contributed by atoms with Crippen molar-refractivity contribution in [1.82, 2.24) is 14.8 Å². The van der Waals surface area contributed by atoms with Gasteiger partial charge in [0.25, 0.3) is 5.56 Å². The van der Waals surface area contributed by atoms with Crippen molar-refractivity contribution in [2.45, 2.75) is 18.9 Å². The fraction of sp³-hybridized carbons (Fsp3) is 0.400. The molecule has 1 saturated heterocycles. The second-order valence-electron chi connectivity index (χ2n) is 5.82. The molecule has 1 fully saturated rings. The SMILES string of the molecule is O=c1cccc2n1C[C@H]1C[C@@H]2CN(c2ccc(Cl)nn2)C1. The Morgan fingerprint density at radius 1 is 1.10 bits per heavy atom. The zero-order chi connectivity index (χ0) is 14.4. The summed E-state index contributed by atoms with van der Waals surface area (Å²) >= 11 is 5.80. The number of aromatic nitrogens is 3. The molecule has 0 aromatic carbocycles. The maximum absolute atomic E-state index is 12.0. The number of hydrogen-bond donors (Lipinski definition) is 0. The number of piperidine rings is 1. The van der Waals surface area contributed by atoms with Crippen LogP contribution in [0, 0.1) is 5.92 Å². The van der Waals surface area contributed by atoms with E-state index in [1.165, 1.54) is 0 Å². The standard InChI is InChI=1S/C15H15ClN4O/c16-13-4-5-14(18-17-13)19-7-10-6-11(9-19)12-2-1-3-15(21)20(12)8-10/h1-5,10-11H,6-9H2/t10-,11+/m0/s1. The Morgan fingerprint density at radius 3 is 2.81 bits per heavy atom. The molecule has 2 atom stereocenters. The van der Waals surface area contributed by atoms with Gasteiger partial charge in [0, 0.05) is 37.3 Å². The Balaban J connectivity index is 1.68. The molecule has 0 unspecified atom stereocenters. The molecule has 4 heterocycles. The predicted octanol–water partition coefficient (Wildman–Crippen LogP) is 1.92. The Bertz CT molecular complexity index is 727. The molecule has 0 amide bonds. The second-order valence-corrected chi connectivity index (χ2v) is 6.20. The summed E-state index contributed by atoms with van der Waals surface area (Å²) in [4.78, 5) is 14.2. The van der Waals surface area contributed by atoms with Gasteiger partial charge >= 0.3 is 0 Å². The van der Waals surface area contributed by atoms with Gasteiger partial charge in [-0.15, -0.1) is 10.2 Å².